The molecule has 0 fully saturated rings. The number of nitro groups is 1. The molecule has 2 rings (SSSR count). The van der Waals surface area contributed by atoms with Crippen LogP contribution < -0.4 is 9.62 Å². The van der Waals surface area contributed by atoms with Crippen LogP contribution in [0.2, 0.25) is 0 Å². The number of carbonyl (C=O) groups is 2. The fourth-order valence-corrected chi connectivity index (χ4v) is 4.06. The molecule has 35 heavy (non-hydrogen) atoms. The molecule has 0 heterocycles. The minimum atomic E-state index is -4.05. The van der Waals surface area contributed by atoms with Gasteiger partial charge in [-0.05, 0) is 25.0 Å². The molecule has 0 aromatic heterocycles. The van der Waals surface area contributed by atoms with E-state index in [1.54, 1.807) is 6.07 Å². The normalized spacial score (nSPS) is 12.2. The molecule has 12 heteroatoms. The van der Waals surface area contributed by atoms with Gasteiger partial charge in [-0.3, -0.25) is 24.0 Å². The molecule has 0 saturated heterocycles. The number of carbonyl (C=O) groups excluding carboxylic acids is 2. The number of sulfonamides is 1. The summed E-state index contributed by atoms with van der Waals surface area (Å²) in [6.07, 6.45) is 0.860. The number of nitro benzene ring substituents is 1. The first kappa shape index (κ1) is 27.7. The molecule has 10 nitrogen and oxygen atoms in total. The number of non-ortho nitro benzene ring substituents is 1. The fourth-order valence-electron chi connectivity index (χ4n) is 3.22. The molecular weight excluding hydrogens is 479 g/mol. The van der Waals surface area contributed by atoms with Crippen molar-refractivity contribution in [3.8, 4) is 0 Å². The number of hydrogen-bond acceptors (Lipinski definition) is 6. The van der Waals surface area contributed by atoms with Gasteiger partial charge in [-0.1, -0.05) is 38.1 Å². The van der Waals surface area contributed by atoms with E-state index >= 15 is 0 Å². The monoisotopic (exact) mass is 508 g/mol. The van der Waals surface area contributed by atoms with Crippen molar-refractivity contribution in [2.24, 2.45) is 5.92 Å². The van der Waals surface area contributed by atoms with E-state index in [-0.39, 0.29) is 29.4 Å². The molecule has 1 atom stereocenters. The molecule has 190 valence electrons. The van der Waals surface area contributed by atoms with E-state index in [1.807, 2.05) is 13.8 Å². The molecule has 0 saturated carbocycles. The van der Waals surface area contributed by atoms with Crippen LogP contribution in [-0.4, -0.2) is 55.4 Å². The van der Waals surface area contributed by atoms with Gasteiger partial charge in [-0.25, -0.2) is 12.8 Å². The minimum Gasteiger partial charge on any atom is -0.354 e. The Hall–Kier alpha value is -3.54. The van der Waals surface area contributed by atoms with Gasteiger partial charge < -0.3 is 10.2 Å². The number of rotatable bonds is 11. The number of benzene rings is 2. The van der Waals surface area contributed by atoms with Crippen molar-refractivity contribution in [2.45, 2.75) is 33.4 Å². The van der Waals surface area contributed by atoms with Gasteiger partial charge in [0.1, 0.15) is 18.4 Å². The molecule has 2 aromatic carbocycles. The van der Waals surface area contributed by atoms with E-state index in [9.17, 15) is 32.5 Å². The van der Waals surface area contributed by atoms with E-state index in [1.165, 1.54) is 43.3 Å². The molecule has 0 unspecified atom stereocenters. The van der Waals surface area contributed by atoms with Gasteiger partial charge >= 0.3 is 0 Å². The first-order chi connectivity index (χ1) is 16.3. The van der Waals surface area contributed by atoms with Crippen LogP contribution in [0.3, 0.4) is 0 Å². The number of amides is 2. The lowest BCUT2D eigenvalue weighted by atomic mass is 10.1. The van der Waals surface area contributed by atoms with E-state index in [0.717, 1.165) is 21.5 Å². The highest BCUT2D eigenvalue weighted by molar-refractivity contribution is 7.92. The molecule has 0 bridgehead atoms. The van der Waals surface area contributed by atoms with Crippen LogP contribution in [0.4, 0.5) is 15.8 Å². The average molecular weight is 509 g/mol. The second-order valence-electron chi connectivity index (χ2n) is 8.47. The van der Waals surface area contributed by atoms with Gasteiger partial charge in [0.25, 0.3) is 5.69 Å². The Labute approximate surface area is 203 Å². The highest BCUT2D eigenvalue weighted by Gasteiger charge is 2.31. The zero-order valence-electron chi connectivity index (χ0n) is 20.0. The van der Waals surface area contributed by atoms with Gasteiger partial charge in [0, 0.05) is 30.8 Å². The zero-order chi connectivity index (χ0) is 26.3. The van der Waals surface area contributed by atoms with Crippen LogP contribution in [0.5, 0.6) is 0 Å². The SMILES string of the molecule is CC(C)CNC(=O)[C@H](C)N(Cc1ccccc1F)C(=O)CN(c1cccc([N+](=O)[O-])c1)S(C)(=O)=O. The van der Waals surface area contributed by atoms with Crippen LogP contribution in [-0.2, 0) is 26.2 Å². The maximum atomic E-state index is 14.4. The summed E-state index contributed by atoms with van der Waals surface area (Å²) in [6.45, 7) is 4.59. The van der Waals surface area contributed by atoms with Crippen molar-refractivity contribution >= 4 is 33.2 Å². The molecule has 0 spiro atoms. The average Bonchev–Trinajstić information content (AvgIpc) is 2.79. The van der Waals surface area contributed by atoms with Gasteiger partial charge in [-0.15, -0.1) is 0 Å². The topological polar surface area (TPSA) is 130 Å². The highest BCUT2D eigenvalue weighted by Crippen LogP contribution is 2.24. The minimum absolute atomic E-state index is 0.0854. The second kappa shape index (κ2) is 11.7. The third kappa shape index (κ3) is 7.74. The Balaban J connectivity index is 2.42. The van der Waals surface area contributed by atoms with Crippen molar-refractivity contribution in [3.63, 3.8) is 0 Å². The van der Waals surface area contributed by atoms with Crippen LogP contribution >= 0.6 is 0 Å². The molecule has 0 aliphatic heterocycles. The van der Waals surface area contributed by atoms with Gasteiger partial charge in [0.15, 0.2) is 0 Å². The number of anilines is 1. The summed E-state index contributed by atoms with van der Waals surface area (Å²) in [7, 11) is -4.05. The van der Waals surface area contributed by atoms with Crippen LogP contribution in [0.25, 0.3) is 0 Å². The van der Waals surface area contributed by atoms with Crippen molar-refractivity contribution in [2.75, 3.05) is 23.7 Å². The Bertz CT molecular complexity index is 1190. The second-order valence-corrected chi connectivity index (χ2v) is 10.4. The van der Waals surface area contributed by atoms with Crippen LogP contribution in [0.1, 0.15) is 26.3 Å². The molecule has 0 aliphatic rings. The van der Waals surface area contributed by atoms with Crippen molar-refractivity contribution < 1.29 is 27.3 Å². The molecule has 2 amide bonds. The third-order valence-electron chi connectivity index (χ3n) is 5.16. The van der Waals surface area contributed by atoms with E-state index in [2.05, 4.69) is 5.32 Å². The lowest BCUT2D eigenvalue weighted by molar-refractivity contribution is -0.384. The largest absolute Gasteiger partial charge is 0.354 e. The van der Waals surface area contributed by atoms with Crippen molar-refractivity contribution in [3.05, 3.63) is 70.0 Å². The number of nitrogens with zero attached hydrogens (tertiary/aromatic N) is 3. The predicted molar refractivity (Wildman–Crippen MR) is 130 cm³/mol. The smallest absolute Gasteiger partial charge is 0.271 e. The number of halogens is 1. The van der Waals surface area contributed by atoms with Crippen molar-refractivity contribution in [1.29, 1.82) is 0 Å². The quantitative estimate of drug-likeness (QED) is 0.367. The van der Waals surface area contributed by atoms with Crippen molar-refractivity contribution in [1.82, 2.24) is 10.2 Å². The Morgan fingerprint density at radius 3 is 2.34 bits per heavy atom. The number of hydrogen-bond donors (Lipinski definition) is 1. The first-order valence-corrected chi connectivity index (χ1v) is 12.7. The predicted octanol–water partition coefficient (Wildman–Crippen LogP) is 2.69. The maximum Gasteiger partial charge on any atom is 0.271 e. The Morgan fingerprint density at radius 2 is 1.77 bits per heavy atom. The maximum absolute atomic E-state index is 14.4. The standard InChI is InChI=1S/C23H29FN4O6S/c1-16(2)13-25-23(30)17(3)26(14-18-8-5-6-11-21(18)24)22(29)15-27(35(4,33)34)19-9-7-10-20(12-19)28(31)32/h5-12,16-17H,13-15H2,1-4H3,(H,25,30)/t17-/m0/s1. The Morgan fingerprint density at radius 1 is 1.11 bits per heavy atom. The molecular formula is C23H29FN4O6S. The zero-order valence-corrected chi connectivity index (χ0v) is 20.8. The van der Waals surface area contributed by atoms with E-state index in [0.29, 0.717) is 6.54 Å². The van der Waals surface area contributed by atoms with E-state index in [4.69, 9.17) is 0 Å². The molecule has 1 N–H and O–H groups in total. The summed E-state index contributed by atoms with van der Waals surface area (Å²) in [5.74, 6) is -1.70. The summed E-state index contributed by atoms with van der Waals surface area (Å²) in [6, 6.07) is 9.54. The summed E-state index contributed by atoms with van der Waals surface area (Å²) in [5.41, 5.74) is -0.295. The molecule has 0 radical (unpaired) electrons. The molecule has 2 aromatic rings. The fraction of sp³-hybridized carbons (Fsp3) is 0.391. The van der Waals surface area contributed by atoms with Gasteiger partial charge in [0.2, 0.25) is 21.8 Å². The molecule has 0 aliphatic carbocycles. The summed E-state index contributed by atoms with van der Waals surface area (Å²) in [4.78, 5) is 37.7. The van der Waals surface area contributed by atoms with Gasteiger partial charge in [-0.2, -0.15) is 0 Å². The van der Waals surface area contributed by atoms with Crippen LogP contribution in [0.15, 0.2) is 48.5 Å². The van der Waals surface area contributed by atoms with Crippen LogP contribution in [0, 0.1) is 21.8 Å². The first-order valence-electron chi connectivity index (χ1n) is 10.8. The highest BCUT2D eigenvalue weighted by atomic mass is 32.2. The Kier molecular flexibility index (Phi) is 9.29. The lowest BCUT2D eigenvalue weighted by Gasteiger charge is -2.31. The summed E-state index contributed by atoms with van der Waals surface area (Å²) < 4.78 is 40.1. The summed E-state index contributed by atoms with van der Waals surface area (Å²) in [5, 5.41) is 13.9. The lowest BCUT2D eigenvalue weighted by Crippen LogP contribution is -2.51. The van der Waals surface area contributed by atoms with E-state index < -0.39 is 45.2 Å². The summed E-state index contributed by atoms with van der Waals surface area (Å²) >= 11 is 0. The number of nitrogens with one attached hydrogen (secondary N) is 1. The van der Waals surface area contributed by atoms with Gasteiger partial charge in [0.05, 0.1) is 16.9 Å². The third-order valence-corrected chi connectivity index (χ3v) is 6.30.